The molecule has 5 aromatic heterocycles. The van der Waals surface area contributed by atoms with Crippen LogP contribution in [-0.2, 0) is 0 Å². The van der Waals surface area contributed by atoms with Crippen LogP contribution in [0.25, 0.3) is 77.0 Å². The monoisotopic (exact) mass is 603 g/mol. The normalized spacial score (nSPS) is 11.8. The van der Waals surface area contributed by atoms with E-state index in [1.807, 2.05) is 41.3 Å². The maximum absolute atomic E-state index is 6.59. The molecule has 0 amide bonds. The lowest BCUT2D eigenvalue weighted by Crippen LogP contribution is -1.96. The van der Waals surface area contributed by atoms with Crippen LogP contribution in [0, 0.1) is 0 Å². The fraction of sp³-hybridized carbons (Fsp3) is 0. The first-order chi connectivity index (χ1) is 23.3. The first-order valence-corrected chi connectivity index (χ1v) is 15.6. The van der Waals surface area contributed by atoms with E-state index in [0.29, 0.717) is 0 Å². The topological polar surface area (TPSA) is 56.7 Å². The minimum Gasteiger partial charge on any atom is -0.457 e. The second-order valence-electron chi connectivity index (χ2n) is 11.7. The van der Waals surface area contributed by atoms with Crippen LogP contribution in [0.3, 0.4) is 0 Å². The maximum atomic E-state index is 6.59. The van der Waals surface area contributed by atoms with Crippen molar-refractivity contribution in [1.82, 2.24) is 23.8 Å². The van der Waals surface area contributed by atoms with E-state index in [2.05, 4.69) is 130 Å². The van der Waals surface area contributed by atoms with Gasteiger partial charge in [0.15, 0.2) is 0 Å². The fourth-order valence-corrected chi connectivity index (χ4v) is 7.11. The van der Waals surface area contributed by atoms with Crippen LogP contribution in [0.5, 0.6) is 11.5 Å². The summed E-state index contributed by atoms with van der Waals surface area (Å²) in [4.78, 5) is 14.2. The molecule has 10 rings (SSSR count). The van der Waals surface area contributed by atoms with E-state index >= 15 is 0 Å². The summed E-state index contributed by atoms with van der Waals surface area (Å²) in [5, 5.41) is 6.50. The number of nitrogens with zero attached hydrogens (tertiary/aromatic N) is 5. The average molecular weight is 604 g/mol. The lowest BCUT2D eigenvalue weighted by molar-refractivity contribution is 0.484. The van der Waals surface area contributed by atoms with Gasteiger partial charge in [-0.2, -0.15) is 0 Å². The Morgan fingerprint density at radius 2 is 1.00 bits per heavy atom. The Bertz CT molecular complexity index is 2820. The van der Waals surface area contributed by atoms with E-state index in [-0.39, 0.29) is 0 Å². The van der Waals surface area contributed by atoms with E-state index in [0.717, 1.165) is 72.0 Å². The second-order valence-corrected chi connectivity index (χ2v) is 11.7. The summed E-state index contributed by atoms with van der Waals surface area (Å²) in [6.45, 7) is 0. The Morgan fingerprint density at radius 3 is 1.74 bits per heavy atom. The Kier molecular flexibility index (Phi) is 5.48. The largest absolute Gasteiger partial charge is 0.457 e. The molecular formula is C41H25N5O. The van der Waals surface area contributed by atoms with Crippen molar-refractivity contribution < 1.29 is 4.74 Å². The van der Waals surface area contributed by atoms with Gasteiger partial charge >= 0.3 is 0 Å². The number of hydrogen-bond donors (Lipinski definition) is 0. The third-order valence-corrected chi connectivity index (χ3v) is 9.14. The quantitative estimate of drug-likeness (QED) is 0.188. The van der Waals surface area contributed by atoms with Gasteiger partial charge in [-0.1, -0.05) is 72.8 Å². The molecule has 5 heterocycles. The number of ether oxygens (including phenoxy) is 1. The van der Waals surface area contributed by atoms with Gasteiger partial charge in [0.1, 0.15) is 28.4 Å². The van der Waals surface area contributed by atoms with Gasteiger partial charge in [-0.25, -0.2) is 15.0 Å². The molecule has 0 saturated carbocycles. The lowest BCUT2D eigenvalue weighted by atomic mass is 9.91. The molecule has 0 N–H and O–H groups in total. The summed E-state index contributed by atoms with van der Waals surface area (Å²) in [5.74, 6) is 1.48. The molecule has 0 bridgehead atoms. The van der Waals surface area contributed by atoms with Crippen LogP contribution in [0.15, 0.2) is 152 Å². The van der Waals surface area contributed by atoms with Crippen LogP contribution in [0.1, 0.15) is 0 Å². The van der Waals surface area contributed by atoms with E-state index in [9.17, 15) is 0 Å². The van der Waals surface area contributed by atoms with Crippen molar-refractivity contribution in [2.24, 2.45) is 0 Å². The summed E-state index contributed by atoms with van der Waals surface area (Å²) in [7, 11) is 0. The molecule has 0 aliphatic carbocycles. The molecule has 220 valence electrons. The van der Waals surface area contributed by atoms with Crippen LogP contribution in [0.4, 0.5) is 0 Å². The predicted molar refractivity (Wildman–Crippen MR) is 189 cm³/mol. The number of rotatable bonds is 4. The standard InChI is InChI=1S/C41H25N5O/c1-3-8-26(9-4-1)30-17-18-31(27-10-5-2-6-11-27)38-37(30)33-16-14-29(25-36(33)40-43-20-22-45(38)40)47-28-13-15-32-34-12-7-19-42-39(34)46-23-21-44-41(46)35(32)24-28/h1-25H. The second kappa shape index (κ2) is 9.99. The van der Waals surface area contributed by atoms with Gasteiger partial charge in [0.05, 0.1) is 5.52 Å². The smallest absolute Gasteiger partial charge is 0.146 e. The molecule has 6 nitrogen and oxygen atoms in total. The lowest BCUT2D eigenvalue weighted by Gasteiger charge is -2.17. The average Bonchev–Trinajstić information content (AvgIpc) is 3.84. The number of pyridine rings is 3. The maximum Gasteiger partial charge on any atom is 0.146 e. The Morgan fingerprint density at radius 1 is 0.426 bits per heavy atom. The zero-order valence-corrected chi connectivity index (χ0v) is 25.1. The molecule has 0 atom stereocenters. The number of benzene rings is 5. The Hall–Kier alpha value is -6.53. The molecule has 0 radical (unpaired) electrons. The number of aromatic nitrogens is 5. The minimum atomic E-state index is 0.737. The zero-order chi connectivity index (χ0) is 30.9. The summed E-state index contributed by atoms with van der Waals surface area (Å²) >= 11 is 0. The van der Waals surface area contributed by atoms with Crippen molar-refractivity contribution in [2.75, 3.05) is 0 Å². The molecule has 6 heteroatoms. The zero-order valence-electron chi connectivity index (χ0n) is 25.1. The predicted octanol–water partition coefficient (Wildman–Crippen LogP) is 10.1. The summed E-state index contributed by atoms with van der Waals surface area (Å²) in [5.41, 5.74) is 8.42. The fourth-order valence-electron chi connectivity index (χ4n) is 7.11. The summed E-state index contributed by atoms with van der Waals surface area (Å²) in [6.07, 6.45) is 9.52. The first kappa shape index (κ1) is 25.8. The molecule has 0 aliphatic heterocycles. The van der Waals surface area contributed by atoms with Crippen molar-refractivity contribution in [2.45, 2.75) is 0 Å². The Balaban J connectivity index is 1.19. The number of fused-ring (bicyclic) bond motifs is 12. The summed E-state index contributed by atoms with van der Waals surface area (Å²) in [6, 6.07) is 42.2. The highest BCUT2D eigenvalue weighted by molar-refractivity contribution is 6.20. The van der Waals surface area contributed by atoms with Gasteiger partial charge in [0.2, 0.25) is 0 Å². The molecule has 0 saturated heterocycles. The van der Waals surface area contributed by atoms with Crippen molar-refractivity contribution in [3.05, 3.63) is 152 Å². The molecule has 47 heavy (non-hydrogen) atoms. The van der Waals surface area contributed by atoms with E-state index < -0.39 is 0 Å². The van der Waals surface area contributed by atoms with E-state index in [1.165, 1.54) is 16.5 Å². The first-order valence-electron chi connectivity index (χ1n) is 15.6. The van der Waals surface area contributed by atoms with Crippen LogP contribution >= 0.6 is 0 Å². The van der Waals surface area contributed by atoms with Crippen molar-refractivity contribution >= 4 is 54.8 Å². The van der Waals surface area contributed by atoms with E-state index in [1.54, 1.807) is 0 Å². The molecule has 5 aromatic carbocycles. The molecule has 0 unspecified atom stereocenters. The SMILES string of the molecule is c1ccc(-c2ccc(-c3ccccc3)c3c2c2ccc(Oc4ccc5c6cccnc6n6ccnc6c5c4)cc2c2nccn23)cc1. The van der Waals surface area contributed by atoms with Gasteiger partial charge in [-0.05, 0) is 76.0 Å². The Labute approximate surface area is 268 Å². The highest BCUT2D eigenvalue weighted by Crippen LogP contribution is 2.42. The van der Waals surface area contributed by atoms with Crippen molar-refractivity contribution in [3.8, 4) is 33.8 Å². The highest BCUT2D eigenvalue weighted by Gasteiger charge is 2.19. The van der Waals surface area contributed by atoms with Crippen LogP contribution in [0.2, 0.25) is 0 Å². The van der Waals surface area contributed by atoms with Crippen LogP contribution in [-0.4, -0.2) is 23.8 Å². The molecule has 0 aliphatic rings. The van der Waals surface area contributed by atoms with Gasteiger partial charge in [0.25, 0.3) is 0 Å². The van der Waals surface area contributed by atoms with Gasteiger partial charge in [0, 0.05) is 58.1 Å². The molecule has 0 fully saturated rings. The van der Waals surface area contributed by atoms with E-state index in [4.69, 9.17) is 9.72 Å². The molecule has 10 aromatic rings. The van der Waals surface area contributed by atoms with Gasteiger partial charge in [-0.15, -0.1) is 0 Å². The van der Waals surface area contributed by atoms with Crippen molar-refractivity contribution in [3.63, 3.8) is 0 Å². The number of imidazole rings is 2. The molecular weight excluding hydrogens is 578 g/mol. The van der Waals surface area contributed by atoms with Gasteiger partial charge in [-0.3, -0.25) is 8.80 Å². The molecule has 0 spiro atoms. The summed E-state index contributed by atoms with van der Waals surface area (Å²) < 4.78 is 10.8. The van der Waals surface area contributed by atoms with Gasteiger partial charge < -0.3 is 4.74 Å². The third-order valence-electron chi connectivity index (χ3n) is 9.14. The van der Waals surface area contributed by atoms with Crippen LogP contribution < -0.4 is 4.74 Å². The van der Waals surface area contributed by atoms with Crippen molar-refractivity contribution in [1.29, 1.82) is 0 Å². The minimum absolute atomic E-state index is 0.737. The third kappa shape index (κ3) is 3.88. The number of hydrogen-bond acceptors (Lipinski definition) is 4. The highest BCUT2D eigenvalue weighted by atomic mass is 16.5.